The predicted octanol–water partition coefficient (Wildman–Crippen LogP) is 0.450. The van der Waals surface area contributed by atoms with Crippen molar-refractivity contribution in [2.24, 2.45) is 5.73 Å². The summed E-state index contributed by atoms with van der Waals surface area (Å²) < 4.78 is 0. The zero-order valence-electron chi connectivity index (χ0n) is 10.1. The van der Waals surface area contributed by atoms with E-state index in [1.807, 2.05) is 4.90 Å². The van der Waals surface area contributed by atoms with Gasteiger partial charge in [0.05, 0.1) is 6.04 Å². The van der Waals surface area contributed by atoms with Crippen LogP contribution in [-0.2, 0) is 4.79 Å². The van der Waals surface area contributed by atoms with E-state index in [0.717, 1.165) is 19.5 Å². The van der Waals surface area contributed by atoms with E-state index in [4.69, 9.17) is 5.73 Å². The molecule has 4 nitrogen and oxygen atoms in total. The van der Waals surface area contributed by atoms with Gasteiger partial charge in [0.1, 0.15) is 0 Å². The molecule has 94 valence electrons. The molecule has 0 aromatic carbocycles. The van der Waals surface area contributed by atoms with Crippen LogP contribution in [0.15, 0.2) is 0 Å². The number of likely N-dealkylation sites (tertiary alicyclic amines) is 1. The molecule has 3 unspecified atom stereocenters. The Hall–Kier alpha value is -0.320. The van der Waals surface area contributed by atoms with Gasteiger partial charge >= 0.3 is 0 Å². The van der Waals surface area contributed by atoms with E-state index in [2.05, 4.69) is 11.9 Å². The van der Waals surface area contributed by atoms with Crippen LogP contribution in [0.1, 0.15) is 26.2 Å². The summed E-state index contributed by atoms with van der Waals surface area (Å²) in [6.45, 7) is 3.52. The molecule has 2 rings (SSSR count). The molecule has 0 saturated carbocycles. The molecule has 2 bridgehead atoms. The molecule has 2 fully saturated rings. The summed E-state index contributed by atoms with van der Waals surface area (Å²) in [5.74, 6) is 0.107. The predicted molar refractivity (Wildman–Crippen MR) is 66.7 cm³/mol. The highest BCUT2D eigenvalue weighted by molar-refractivity contribution is 5.85. The molecule has 0 radical (unpaired) electrons. The third-order valence-corrected chi connectivity index (χ3v) is 3.85. The van der Waals surface area contributed by atoms with Crippen molar-refractivity contribution in [1.29, 1.82) is 0 Å². The number of hydrogen-bond donors (Lipinski definition) is 1. The third-order valence-electron chi connectivity index (χ3n) is 3.85. The van der Waals surface area contributed by atoms with E-state index >= 15 is 0 Å². The summed E-state index contributed by atoms with van der Waals surface area (Å²) in [6.07, 6.45) is 3.62. The number of halogens is 1. The second-order valence-corrected chi connectivity index (χ2v) is 4.91. The van der Waals surface area contributed by atoms with Crippen LogP contribution >= 0.6 is 12.4 Å². The zero-order valence-corrected chi connectivity index (χ0v) is 10.9. The molecule has 0 aliphatic carbocycles. The van der Waals surface area contributed by atoms with Gasteiger partial charge in [-0.1, -0.05) is 0 Å². The Kier molecular flexibility index (Phi) is 4.59. The van der Waals surface area contributed by atoms with Crippen LogP contribution < -0.4 is 5.73 Å². The molecule has 2 heterocycles. The fourth-order valence-electron chi connectivity index (χ4n) is 2.80. The van der Waals surface area contributed by atoms with E-state index in [0.29, 0.717) is 12.1 Å². The van der Waals surface area contributed by atoms with Crippen molar-refractivity contribution in [3.8, 4) is 0 Å². The van der Waals surface area contributed by atoms with Gasteiger partial charge in [0.2, 0.25) is 5.91 Å². The normalized spacial score (nSPS) is 31.8. The molecule has 1 amide bonds. The van der Waals surface area contributed by atoms with E-state index in [9.17, 15) is 4.79 Å². The largest absolute Gasteiger partial charge is 0.340 e. The lowest BCUT2D eigenvalue weighted by molar-refractivity contribution is -0.132. The van der Waals surface area contributed by atoms with Crippen molar-refractivity contribution in [3.05, 3.63) is 0 Å². The lowest BCUT2D eigenvalue weighted by Crippen LogP contribution is -2.46. The molecule has 0 spiro atoms. The Morgan fingerprint density at radius 2 is 1.94 bits per heavy atom. The van der Waals surface area contributed by atoms with Crippen LogP contribution in [0, 0.1) is 0 Å². The maximum Gasteiger partial charge on any atom is 0.239 e. The van der Waals surface area contributed by atoms with Crippen molar-refractivity contribution in [2.45, 2.75) is 44.3 Å². The first-order chi connectivity index (χ1) is 7.09. The van der Waals surface area contributed by atoms with Crippen molar-refractivity contribution >= 4 is 18.3 Å². The Bertz CT molecular complexity index is 260. The Balaban J connectivity index is 0.00000128. The van der Waals surface area contributed by atoms with Gasteiger partial charge in [-0.2, -0.15) is 0 Å². The highest BCUT2D eigenvalue weighted by Gasteiger charge is 2.36. The van der Waals surface area contributed by atoms with Crippen molar-refractivity contribution in [2.75, 3.05) is 20.1 Å². The fourth-order valence-corrected chi connectivity index (χ4v) is 2.80. The molecule has 3 atom stereocenters. The van der Waals surface area contributed by atoms with Crippen molar-refractivity contribution in [3.63, 3.8) is 0 Å². The van der Waals surface area contributed by atoms with E-state index in [1.54, 1.807) is 6.92 Å². The maximum atomic E-state index is 11.8. The van der Waals surface area contributed by atoms with Crippen molar-refractivity contribution in [1.82, 2.24) is 9.80 Å². The van der Waals surface area contributed by atoms with Gasteiger partial charge < -0.3 is 10.6 Å². The monoisotopic (exact) mass is 247 g/mol. The first-order valence-electron chi connectivity index (χ1n) is 5.86. The number of nitrogens with zero attached hydrogens (tertiary/aromatic N) is 2. The van der Waals surface area contributed by atoms with Crippen LogP contribution in [-0.4, -0.2) is 54.0 Å². The van der Waals surface area contributed by atoms with Crippen LogP contribution in [0.5, 0.6) is 0 Å². The molecule has 2 aliphatic rings. The molecule has 2 saturated heterocycles. The Labute approximate surface area is 104 Å². The Morgan fingerprint density at radius 3 is 2.56 bits per heavy atom. The topological polar surface area (TPSA) is 49.6 Å². The lowest BCUT2D eigenvalue weighted by Gasteiger charge is -2.27. The summed E-state index contributed by atoms with van der Waals surface area (Å²) in [7, 11) is 2.18. The molecule has 0 aromatic heterocycles. The summed E-state index contributed by atoms with van der Waals surface area (Å²) >= 11 is 0. The maximum absolute atomic E-state index is 11.8. The van der Waals surface area contributed by atoms with Gasteiger partial charge in [-0.3, -0.25) is 9.69 Å². The number of carbonyl (C=O) groups is 1. The quantitative estimate of drug-likeness (QED) is 0.732. The number of nitrogens with two attached hydrogens (primary N) is 1. The molecule has 5 heteroatoms. The van der Waals surface area contributed by atoms with Gasteiger partial charge in [-0.15, -0.1) is 12.4 Å². The van der Waals surface area contributed by atoms with Gasteiger partial charge in [-0.05, 0) is 33.2 Å². The average molecular weight is 248 g/mol. The molecular weight excluding hydrogens is 226 g/mol. The molecule has 0 aromatic rings. The number of fused-ring (bicyclic) bond motifs is 2. The van der Waals surface area contributed by atoms with E-state index < -0.39 is 0 Å². The second-order valence-electron chi connectivity index (χ2n) is 4.91. The van der Waals surface area contributed by atoms with Crippen LogP contribution in [0.4, 0.5) is 0 Å². The zero-order chi connectivity index (χ0) is 11.0. The first-order valence-corrected chi connectivity index (χ1v) is 5.86. The van der Waals surface area contributed by atoms with Gasteiger partial charge in [0.15, 0.2) is 0 Å². The standard InChI is InChI=1S/C11H21N3O.ClH/c1-8(12)11(15)14-6-5-9-3-4-10(7-14)13(9)2;/h8-10H,3-7,12H2,1-2H3;1H. The van der Waals surface area contributed by atoms with Crippen LogP contribution in [0.25, 0.3) is 0 Å². The highest BCUT2D eigenvalue weighted by Crippen LogP contribution is 2.28. The van der Waals surface area contributed by atoms with Gasteiger partial charge in [-0.25, -0.2) is 0 Å². The Morgan fingerprint density at radius 1 is 1.31 bits per heavy atom. The minimum atomic E-state index is -0.355. The third kappa shape index (κ3) is 2.50. The molecule has 2 aliphatic heterocycles. The van der Waals surface area contributed by atoms with Gasteiger partial charge in [0, 0.05) is 25.2 Å². The average Bonchev–Trinajstić information content (AvgIpc) is 2.40. The second kappa shape index (κ2) is 5.34. The number of hydrogen-bond acceptors (Lipinski definition) is 3. The smallest absolute Gasteiger partial charge is 0.239 e. The lowest BCUT2D eigenvalue weighted by atomic mass is 10.1. The summed E-state index contributed by atoms with van der Waals surface area (Å²) in [4.78, 5) is 16.2. The van der Waals surface area contributed by atoms with E-state index in [-0.39, 0.29) is 24.4 Å². The molecular formula is C11H22ClN3O. The first kappa shape index (κ1) is 13.7. The van der Waals surface area contributed by atoms with Crippen LogP contribution in [0.3, 0.4) is 0 Å². The number of likely N-dealkylation sites (N-methyl/N-ethyl adjacent to an activating group) is 1. The van der Waals surface area contributed by atoms with Crippen LogP contribution in [0.2, 0.25) is 0 Å². The highest BCUT2D eigenvalue weighted by atomic mass is 35.5. The summed E-state index contributed by atoms with van der Waals surface area (Å²) in [5.41, 5.74) is 5.65. The summed E-state index contributed by atoms with van der Waals surface area (Å²) in [5, 5.41) is 0. The SMILES string of the molecule is CC(N)C(=O)N1CCC2CCC(C1)N2C.Cl. The number of carbonyl (C=O) groups excluding carboxylic acids is 1. The molecule has 2 N–H and O–H groups in total. The fraction of sp³-hybridized carbons (Fsp3) is 0.909. The minimum Gasteiger partial charge on any atom is -0.340 e. The van der Waals surface area contributed by atoms with E-state index in [1.165, 1.54) is 12.8 Å². The molecule has 16 heavy (non-hydrogen) atoms. The minimum absolute atomic E-state index is 0. The number of rotatable bonds is 1. The number of amides is 1. The van der Waals surface area contributed by atoms with Crippen molar-refractivity contribution < 1.29 is 4.79 Å². The summed E-state index contributed by atoms with van der Waals surface area (Å²) in [6, 6.07) is 0.882. The van der Waals surface area contributed by atoms with Gasteiger partial charge in [0.25, 0.3) is 0 Å².